The van der Waals surface area contributed by atoms with Crippen molar-refractivity contribution < 1.29 is 4.39 Å². The van der Waals surface area contributed by atoms with Gasteiger partial charge in [-0.3, -0.25) is 0 Å². The normalized spacial score (nSPS) is 10.7. The lowest BCUT2D eigenvalue weighted by molar-refractivity contribution is 0.588. The van der Waals surface area contributed by atoms with Crippen molar-refractivity contribution >= 4 is 0 Å². The predicted octanol–water partition coefficient (Wildman–Crippen LogP) is 3.30. The number of nitrogens with one attached hydrogen (secondary N) is 1. The van der Waals surface area contributed by atoms with Gasteiger partial charge in [0.05, 0.1) is 11.9 Å². The van der Waals surface area contributed by atoms with Gasteiger partial charge in [0.2, 0.25) is 0 Å². The fourth-order valence-electron chi connectivity index (χ4n) is 2.16. The van der Waals surface area contributed by atoms with Gasteiger partial charge in [-0.05, 0) is 18.2 Å². The predicted molar refractivity (Wildman–Crippen MR) is 80.5 cm³/mol. The van der Waals surface area contributed by atoms with Crippen molar-refractivity contribution in [3.63, 3.8) is 0 Å². The Morgan fingerprint density at radius 2 is 1.71 bits per heavy atom. The SMILES string of the molecule is Fc1ccccc1CNCc1cnn(-c2ccccc2)c1. The number of halogens is 1. The molecule has 0 spiro atoms. The van der Waals surface area contributed by atoms with Crippen molar-refractivity contribution in [2.45, 2.75) is 13.1 Å². The maximum absolute atomic E-state index is 13.5. The summed E-state index contributed by atoms with van der Waals surface area (Å²) in [4.78, 5) is 0. The van der Waals surface area contributed by atoms with E-state index in [1.165, 1.54) is 6.07 Å². The molecule has 3 nitrogen and oxygen atoms in total. The highest BCUT2D eigenvalue weighted by atomic mass is 19.1. The molecule has 3 rings (SSSR count). The Morgan fingerprint density at radius 1 is 0.952 bits per heavy atom. The summed E-state index contributed by atoms with van der Waals surface area (Å²) in [5.74, 6) is -0.176. The molecule has 0 aliphatic heterocycles. The molecule has 0 unspecified atom stereocenters. The fourth-order valence-corrected chi connectivity index (χ4v) is 2.16. The number of nitrogens with zero attached hydrogens (tertiary/aromatic N) is 2. The highest BCUT2D eigenvalue weighted by Gasteiger charge is 2.02. The van der Waals surface area contributed by atoms with E-state index in [4.69, 9.17) is 0 Å². The van der Waals surface area contributed by atoms with Gasteiger partial charge >= 0.3 is 0 Å². The van der Waals surface area contributed by atoms with Crippen LogP contribution in [-0.4, -0.2) is 9.78 Å². The van der Waals surface area contributed by atoms with Gasteiger partial charge in [-0.2, -0.15) is 5.10 Å². The van der Waals surface area contributed by atoms with Crippen LogP contribution in [0.1, 0.15) is 11.1 Å². The molecule has 3 aromatic rings. The number of hydrogen-bond donors (Lipinski definition) is 1. The van der Waals surface area contributed by atoms with E-state index in [2.05, 4.69) is 10.4 Å². The topological polar surface area (TPSA) is 29.9 Å². The summed E-state index contributed by atoms with van der Waals surface area (Å²) >= 11 is 0. The first-order valence-corrected chi connectivity index (χ1v) is 6.86. The fraction of sp³-hybridized carbons (Fsp3) is 0.118. The molecular weight excluding hydrogens is 265 g/mol. The third-order valence-electron chi connectivity index (χ3n) is 3.26. The number of rotatable bonds is 5. The highest BCUT2D eigenvalue weighted by molar-refractivity contribution is 5.30. The lowest BCUT2D eigenvalue weighted by Gasteiger charge is -2.04. The Morgan fingerprint density at radius 3 is 2.52 bits per heavy atom. The molecule has 1 heterocycles. The summed E-state index contributed by atoms with van der Waals surface area (Å²) in [5, 5.41) is 7.56. The first-order valence-electron chi connectivity index (χ1n) is 6.86. The van der Waals surface area contributed by atoms with Crippen molar-refractivity contribution in [3.8, 4) is 5.69 Å². The quantitative estimate of drug-likeness (QED) is 0.777. The summed E-state index contributed by atoms with van der Waals surface area (Å²) in [6.45, 7) is 1.16. The molecule has 0 aliphatic rings. The Balaban J connectivity index is 1.60. The minimum absolute atomic E-state index is 0.176. The van der Waals surface area contributed by atoms with Crippen molar-refractivity contribution in [2.75, 3.05) is 0 Å². The maximum atomic E-state index is 13.5. The van der Waals surface area contributed by atoms with Crippen LogP contribution in [0.15, 0.2) is 67.0 Å². The van der Waals surface area contributed by atoms with Gasteiger partial charge in [0.1, 0.15) is 5.82 Å². The third-order valence-corrected chi connectivity index (χ3v) is 3.26. The van der Waals surface area contributed by atoms with Crippen LogP contribution in [0.5, 0.6) is 0 Å². The van der Waals surface area contributed by atoms with Crippen molar-refractivity contribution in [2.24, 2.45) is 0 Å². The Bertz CT molecular complexity index is 707. The number of hydrogen-bond acceptors (Lipinski definition) is 2. The summed E-state index contributed by atoms with van der Waals surface area (Å²) < 4.78 is 15.3. The van der Waals surface area contributed by atoms with E-state index in [0.29, 0.717) is 18.7 Å². The number of aromatic nitrogens is 2. The van der Waals surface area contributed by atoms with Crippen molar-refractivity contribution in [1.82, 2.24) is 15.1 Å². The molecule has 106 valence electrons. The second kappa shape index (κ2) is 6.33. The summed E-state index contributed by atoms with van der Waals surface area (Å²) in [5.41, 5.74) is 2.76. The highest BCUT2D eigenvalue weighted by Crippen LogP contribution is 2.09. The molecule has 0 fully saturated rings. The second-order valence-electron chi connectivity index (χ2n) is 4.82. The van der Waals surface area contributed by atoms with E-state index in [0.717, 1.165) is 11.3 Å². The van der Waals surface area contributed by atoms with E-state index >= 15 is 0 Å². The molecule has 0 radical (unpaired) electrons. The molecule has 21 heavy (non-hydrogen) atoms. The minimum Gasteiger partial charge on any atom is -0.308 e. The van der Waals surface area contributed by atoms with Crippen LogP contribution in [0.4, 0.5) is 4.39 Å². The maximum Gasteiger partial charge on any atom is 0.127 e. The van der Waals surface area contributed by atoms with Crippen LogP contribution < -0.4 is 5.32 Å². The first kappa shape index (κ1) is 13.5. The van der Waals surface area contributed by atoms with Gasteiger partial charge in [0, 0.05) is 30.4 Å². The van der Waals surface area contributed by atoms with Crippen molar-refractivity contribution in [1.29, 1.82) is 0 Å². The zero-order valence-electron chi connectivity index (χ0n) is 11.5. The van der Waals surface area contributed by atoms with Crippen LogP contribution >= 0.6 is 0 Å². The second-order valence-corrected chi connectivity index (χ2v) is 4.82. The Kier molecular flexibility index (Phi) is 4.07. The molecule has 0 atom stereocenters. The van der Waals surface area contributed by atoms with Gasteiger partial charge in [-0.25, -0.2) is 9.07 Å². The average molecular weight is 281 g/mol. The Hall–Kier alpha value is -2.46. The summed E-state index contributed by atoms with van der Waals surface area (Å²) in [7, 11) is 0. The lowest BCUT2D eigenvalue weighted by atomic mass is 10.2. The summed E-state index contributed by atoms with van der Waals surface area (Å²) in [6, 6.07) is 16.7. The molecule has 1 aromatic heterocycles. The molecule has 2 aromatic carbocycles. The smallest absolute Gasteiger partial charge is 0.127 e. The lowest BCUT2D eigenvalue weighted by Crippen LogP contribution is -2.13. The van der Waals surface area contributed by atoms with Crippen LogP contribution in [0.3, 0.4) is 0 Å². The molecule has 0 saturated carbocycles. The standard InChI is InChI=1S/C17H16FN3/c18-17-9-5-4-6-15(17)12-19-10-14-11-20-21(13-14)16-7-2-1-3-8-16/h1-9,11,13,19H,10,12H2. The number of para-hydroxylation sites is 1. The van der Waals surface area contributed by atoms with Gasteiger partial charge in [-0.1, -0.05) is 36.4 Å². The van der Waals surface area contributed by atoms with E-state index < -0.39 is 0 Å². The monoisotopic (exact) mass is 281 g/mol. The number of benzene rings is 2. The van der Waals surface area contributed by atoms with Crippen LogP contribution in [0.25, 0.3) is 5.69 Å². The van der Waals surface area contributed by atoms with Gasteiger partial charge in [-0.15, -0.1) is 0 Å². The van der Waals surface area contributed by atoms with E-state index in [1.54, 1.807) is 12.1 Å². The molecule has 0 amide bonds. The largest absolute Gasteiger partial charge is 0.308 e. The Labute approximate surface area is 123 Å². The van der Waals surface area contributed by atoms with Crippen molar-refractivity contribution in [3.05, 3.63) is 83.9 Å². The van der Waals surface area contributed by atoms with E-state index in [-0.39, 0.29) is 5.82 Å². The van der Waals surface area contributed by atoms with Crippen LogP contribution in [0, 0.1) is 5.82 Å². The zero-order chi connectivity index (χ0) is 14.5. The molecule has 1 N–H and O–H groups in total. The van der Waals surface area contributed by atoms with Gasteiger partial charge < -0.3 is 5.32 Å². The van der Waals surface area contributed by atoms with Crippen LogP contribution in [0.2, 0.25) is 0 Å². The molecule has 4 heteroatoms. The zero-order valence-corrected chi connectivity index (χ0v) is 11.5. The molecular formula is C17H16FN3. The van der Waals surface area contributed by atoms with E-state index in [1.807, 2.05) is 53.5 Å². The average Bonchev–Trinajstić information content (AvgIpc) is 2.99. The molecule has 0 bridgehead atoms. The molecule has 0 aliphatic carbocycles. The van der Waals surface area contributed by atoms with Gasteiger partial charge in [0.25, 0.3) is 0 Å². The third kappa shape index (κ3) is 3.35. The van der Waals surface area contributed by atoms with Gasteiger partial charge in [0.15, 0.2) is 0 Å². The minimum atomic E-state index is -0.176. The van der Waals surface area contributed by atoms with E-state index in [9.17, 15) is 4.39 Å². The molecule has 0 saturated heterocycles. The first-order chi connectivity index (χ1) is 10.3. The summed E-state index contributed by atoms with van der Waals surface area (Å²) in [6.07, 6.45) is 3.80. The van der Waals surface area contributed by atoms with Crippen LogP contribution in [-0.2, 0) is 13.1 Å².